The summed E-state index contributed by atoms with van der Waals surface area (Å²) in [6, 6.07) is 16.9. The number of aryl methyl sites for hydroxylation is 1. The largest absolute Gasteiger partial charge is 0.340 e. The Bertz CT molecular complexity index is 616. The van der Waals surface area contributed by atoms with Crippen molar-refractivity contribution in [2.75, 3.05) is 10.2 Å². The van der Waals surface area contributed by atoms with Crippen LogP contribution in [0, 0.1) is 0 Å². The molecule has 2 heteroatoms. The molecule has 0 saturated heterocycles. The molecule has 0 atom stereocenters. The van der Waals surface area contributed by atoms with Crippen molar-refractivity contribution in [2.24, 2.45) is 0 Å². The second kappa shape index (κ2) is 4.81. The van der Waals surface area contributed by atoms with Crippen molar-refractivity contribution in [3.8, 4) is 0 Å². The third kappa shape index (κ3) is 1.99. The minimum atomic E-state index is 0.921. The highest BCUT2D eigenvalue weighted by Crippen LogP contribution is 2.42. The summed E-state index contributed by atoms with van der Waals surface area (Å²) in [6.07, 6.45) is 2.23. The van der Waals surface area contributed by atoms with E-state index in [0.29, 0.717) is 0 Å². The van der Waals surface area contributed by atoms with Gasteiger partial charge in [0.1, 0.15) is 5.82 Å². The van der Waals surface area contributed by atoms with Gasteiger partial charge in [-0.05, 0) is 30.2 Å². The van der Waals surface area contributed by atoms with Gasteiger partial charge in [-0.1, -0.05) is 50.3 Å². The molecule has 0 radical (unpaired) electrons. The molecular weight excluding hydrogens is 232 g/mol. The molecule has 0 fully saturated rings. The standard InChI is InChI=1S/C17H18N2/c1-3-8-14-9-4-6-11-16(14)19-13(2)18-15-10-5-7-12-17(15)19/h4-7,9-12,18H,2-3,8H2,1H3. The SMILES string of the molecule is C=C1Nc2ccccc2N1c1ccccc1CCC. The zero-order valence-corrected chi connectivity index (χ0v) is 11.2. The van der Waals surface area contributed by atoms with Crippen LogP contribution in [0.1, 0.15) is 18.9 Å². The van der Waals surface area contributed by atoms with Gasteiger partial charge in [-0.3, -0.25) is 4.90 Å². The van der Waals surface area contributed by atoms with Crippen LogP contribution in [0.4, 0.5) is 17.1 Å². The number of hydrogen-bond donors (Lipinski definition) is 1. The summed E-state index contributed by atoms with van der Waals surface area (Å²) in [7, 11) is 0. The molecule has 0 spiro atoms. The summed E-state index contributed by atoms with van der Waals surface area (Å²) < 4.78 is 0. The van der Waals surface area contributed by atoms with E-state index in [2.05, 4.69) is 66.2 Å². The minimum Gasteiger partial charge on any atom is -0.340 e. The lowest BCUT2D eigenvalue weighted by atomic mass is 10.1. The van der Waals surface area contributed by atoms with Gasteiger partial charge >= 0.3 is 0 Å². The van der Waals surface area contributed by atoms with Gasteiger partial charge in [0.25, 0.3) is 0 Å². The Balaban J connectivity index is 2.10. The Labute approximate surface area is 114 Å². The first-order chi connectivity index (χ1) is 9.31. The minimum absolute atomic E-state index is 0.921. The van der Waals surface area contributed by atoms with E-state index >= 15 is 0 Å². The van der Waals surface area contributed by atoms with E-state index in [0.717, 1.165) is 24.4 Å². The van der Waals surface area contributed by atoms with Crippen LogP contribution in [0.25, 0.3) is 0 Å². The second-order valence-corrected chi connectivity index (χ2v) is 4.80. The zero-order chi connectivity index (χ0) is 13.2. The Kier molecular flexibility index (Phi) is 3.00. The summed E-state index contributed by atoms with van der Waals surface area (Å²) >= 11 is 0. The molecule has 0 aliphatic carbocycles. The third-order valence-electron chi connectivity index (χ3n) is 3.45. The first-order valence-corrected chi connectivity index (χ1v) is 6.74. The Morgan fingerprint density at radius 2 is 1.68 bits per heavy atom. The van der Waals surface area contributed by atoms with E-state index < -0.39 is 0 Å². The molecule has 1 heterocycles. The number of fused-ring (bicyclic) bond motifs is 1. The zero-order valence-electron chi connectivity index (χ0n) is 11.2. The Hall–Kier alpha value is -2.22. The molecule has 19 heavy (non-hydrogen) atoms. The van der Waals surface area contributed by atoms with Crippen molar-refractivity contribution in [3.63, 3.8) is 0 Å². The molecule has 0 amide bonds. The topological polar surface area (TPSA) is 15.3 Å². The molecule has 0 saturated carbocycles. The molecule has 0 bridgehead atoms. The Morgan fingerprint density at radius 3 is 2.47 bits per heavy atom. The fraction of sp³-hybridized carbons (Fsp3) is 0.176. The summed E-state index contributed by atoms with van der Waals surface area (Å²) in [6.45, 7) is 6.35. The summed E-state index contributed by atoms with van der Waals surface area (Å²) in [5.41, 5.74) is 4.89. The number of anilines is 3. The lowest BCUT2D eigenvalue weighted by molar-refractivity contribution is 0.918. The van der Waals surface area contributed by atoms with Gasteiger partial charge in [-0.25, -0.2) is 0 Å². The van der Waals surface area contributed by atoms with Gasteiger partial charge in [-0.2, -0.15) is 0 Å². The first kappa shape index (κ1) is 11.8. The van der Waals surface area contributed by atoms with E-state index in [1.165, 1.54) is 16.9 Å². The van der Waals surface area contributed by atoms with Crippen molar-refractivity contribution in [1.82, 2.24) is 0 Å². The molecule has 3 rings (SSSR count). The first-order valence-electron chi connectivity index (χ1n) is 6.74. The fourth-order valence-corrected chi connectivity index (χ4v) is 2.62. The number of rotatable bonds is 3. The maximum atomic E-state index is 4.14. The highest BCUT2D eigenvalue weighted by Gasteiger charge is 2.24. The molecular formula is C17H18N2. The lowest BCUT2D eigenvalue weighted by Crippen LogP contribution is -2.15. The molecule has 0 aromatic heterocycles. The van der Waals surface area contributed by atoms with Gasteiger partial charge in [0.2, 0.25) is 0 Å². The lowest BCUT2D eigenvalue weighted by Gasteiger charge is -2.22. The predicted molar refractivity (Wildman–Crippen MR) is 81.8 cm³/mol. The van der Waals surface area contributed by atoms with E-state index in [4.69, 9.17) is 0 Å². The van der Waals surface area contributed by atoms with E-state index in [9.17, 15) is 0 Å². The number of para-hydroxylation sites is 3. The summed E-state index contributed by atoms with van der Waals surface area (Å²) in [5, 5.41) is 3.35. The van der Waals surface area contributed by atoms with E-state index in [-0.39, 0.29) is 0 Å². The van der Waals surface area contributed by atoms with Gasteiger partial charge in [0, 0.05) is 0 Å². The number of benzene rings is 2. The van der Waals surface area contributed by atoms with E-state index in [1.807, 2.05) is 6.07 Å². The average Bonchev–Trinajstić information content (AvgIpc) is 2.76. The quantitative estimate of drug-likeness (QED) is 0.851. The maximum absolute atomic E-state index is 4.14. The highest BCUT2D eigenvalue weighted by molar-refractivity contribution is 5.87. The highest BCUT2D eigenvalue weighted by atomic mass is 15.3. The predicted octanol–water partition coefficient (Wildman–Crippen LogP) is 4.67. The maximum Gasteiger partial charge on any atom is 0.108 e. The van der Waals surface area contributed by atoms with Crippen LogP contribution in [0.5, 0.6) is 0 Å². The van der Waals surface area contributed by atoms with E-state index in [1.54, 1.807) is 0 Å². The summed E-state index contributed by atoms with van der Waals surface area (Å²) in [5.74, 6) is 0.921. The van der Waals surface area contributed by atoms with Gasteiger partial charge in [-0.15, -0.1) is 0 Å². The molecule has 1 aliphatic rings. The molecule has 0 unspecified atom stereocenters. The van der Waals surface area contributed by atoms with Crippen LogP contribution in [0.2, 0.25) is 0 Å². The normalized spacial score (nSPS) is 13.3. The molecule has 1 N–H and O–H groups in total. The number of nitrogens with zero attached hydrogens (tertiary/aromatic N) is 1. The van der Waals surface area contributed by atoms with Crippen LogP contribution in [-0.2, 0) is 6.42 Å². The van der Waals surface area contributed by atoms with Crippen LogP contribution >= 0.6 is 0 Å². The average molecular weight is 250 g/mol. The van der Waals surface area contributed by atoms with Crippen LogP contribution in [0.3, 0.4) is 0 Å². The van der Waals surface area contributed by atoms with Crippen molar-refractivity contribution in [2.45, 2.75) is 19.8 Å². The van der Waals surface area contributed by atoms with Crippen molar-refractivity contribution in [3.05, 3.63) is 66.5 Å². The fourth-order valence-electron chi connectivity index (χ4n) is 2.62. The molecule has 2 nitrogen and oxygen atoms in total. The van der Waals surface area contributed by atoms with Crippen LogP contribution in [0.15, 0.2) is 60.9 Å². The molecule has 96 valence electrons. The smallest absolute Gasteiger partial charge is 0.108 e. The van der Waals surface area contributed by atoms with Gasteiger partial charge in [0.15, 0.2) is 0 Å². The molecule has 2 aromatic rings. The van der Waals surface area contributed by atoms with Crippen LogP contribution < -0.4 is 10.2 Å². The van der Waals surface area contributed by atoms with Gasteiger partial charge in [0.05, 0.1) is 17.1 Å². The monoisotopic (exact) mass is 250 g/mol. The Morgan fingerprint density at radius 1 is 1.00 bits per heavy atom. The molecule has 2 aromatic carbocycles. The number of nitrogens with one attached hydrogen (secondary N) is 1. The third-order valence-corrected chi connectivity index (χ3v) is 3.45. The second-order valence-electron chi connectivity index (χ2n) is 4.80. The van der Waals surface area contributed by atoms with Gasteiger partial charge < -0.3 is 5.32 Å². The summed E-state index contributed by atoms with van der Waals surface area (Å²) in [4.78, 5) is 2.21. The van der Waals surface area contributed by atoms with Crippen molar-refractivity contribution in [1.29, 1.82) is 0 Å². The van der Waals surface area contributed by atoms with Crippen molar-refractivity contribution < 1.29 is 0 Å². The van der Waals surface area contributed by atoms with Crippen LogP contribution in [-0.4, -0.2) is 0 Å². The molecule has 1 aliphatic heterocycles. The number of hydrogen-bond acceptors (Lipinski definition) is 2. The van der Waals surface area contributed by atoms with Crippen molar-refractivity contribution >= 4 is 17.1 Å².